The predicted octanol–water partition coefficient (Wildman–Crippen LogP) is 3.67. The molecule has 0 saturated carbocycles. The molecular formula is C23H33N3O5. The zero-order valence-corrected chi connectivity index (χ0v) is 19.1. The Bertz CT molecular complexity index is 870. The highest BCUT2D eigenvalue weighted by Crippen LogP contribution is 2.42. The molecular weight excluding hydrogens is 398 g/mol. The molecule has 1 N–H and O–H groups in total. The summed E-state index contributed by atoms with van der Waals surface area (Å²) in [4.78, 5) is 15.5. The molecule has 2 heterocycles. The van der Waals surface area contributed by atoms with Gasteiger partial charge in [0.05, 0.1) is 27.0 Å². The van der Waals surface area contributed by atoms with E-state index in [-0.39, 0.29) is 5.91 Å². The number of hydrogen-bond acceptors (Lipinski definition) is 7. The lowest BCUT2D eigenvalue weighted by Gasteiger charge is -2.33. The third-order valence-electron chi connectivity index (χ3n) is 5.86. The zero-order chi connectivity index (χ0) is 22.4. The van der Waals surface area contributed by atoms with Crippen LogP contribution in [0.5, 0.6) is 17.2 Å². The fourth-order valence-corrected chi connectivity index (χ4v) is 4.11. The summed E-state index contributed by atoms with van der Waals surface area (Å²) in [5, 5.41) is 7.04. The van der Waals surface area contributed by atoms with Gasteiger partial charge in [-0.15, -0.1) is 0 Å². The van der Waals surface area contributed by atoms with E-state index in [1.54, 1.807) is 40.4 Å². The van der Waals surface area contributed by atoms with Crippen molar-refractivity contribution in [1.82, 2.24) is 15.4 Å². The summed E-state index contributed by atoms with van der Waals surface area (Å²) in [7, 11) is 4.63. The Morgan fingerprint density at radius 1 is 1.19 bits per heavy atom. The van der Waals surface area contributed by atoms with Crippen LogP contribution in [0.4, 0.5) is 0 Å². The van der Waals surface area contributed by atoms with E-state index in [0.29, 0.717) is 52.4 Å². The van der Waals surface area contributed by atoms with Crippen LogP contribution in [0.1, 0.15) is 48.7 Å². The van der Waals surface area contributed by atoms with Crippen molar-refractivity contribution >= 4 is 5.91 Å². The molecule has 1 aromatic carbocycles. The van der Waals surface area contributed by atoms with Crippen molar-refractivity contribution < 1.29 is 23.5 Å². The number of amides is 1. The lowest BCUT2D eigenvalue weighted by molar-refractivity contribution is 0.0948. The van der Waals surface area contributed by atoms with Crippen LogP contribution >= 0.6 is 0 Å². The van der Waals surface area contributed by atoms with E-state index in [4.69, 9.17) is 18.7 Å². The van der Waals surface area contributed by atoms with Crippen molar-refractivity contribution in [3.05, 3.63) is 23.4 Å². The third kappa shape index (κ3) is 5.12. The van der Waals surface area contributed by atoms with E-state index >= 15 is 0 Å². The fraction of sp³-hybridized carbons (Fsp3) is 0.565. The maximum Gasteiger partial charge on any atom is 0.257 e. The summed E-state index contributed by atoms with van der Waals surface area (Å²) in [5.41, 5.74) is 1.58. The molecule has 0 spiro atoms. The number of aryl methyl sites for hydroxylation is 1. The number of aromatic nitrogens is 1. The second-order valence-electron chi connectivity index (χ2n) is 7.88. The minimum absolute atomic E-state index is 0.200. The Balaban J connectivity index is 1.72. The van der Waals surface area contributed by atoms with Gasteiger partial charge in [0.15, 0.2) is 17.3 Å². The molecule has 170 valence electrons. The highest BCUT2D eigenvalue weighted by molar-refractivity contribution is 6.00. The van der Waals surface area contributed by atoms with Crippen LogP contribution in [0.2, 0.25) is 0 Å². The molecule has 3 rings (SSSR count). The van der Waals surface area contributed by atoms with Gasteiger partial charge in [0.2, 0.25) is 5.75 Å². The number of ether oxygens (including phenoxy) is 3. The average Bonchev–Trinajstić information content (AvgIpc) is 3.18. The van der Waals surface area contributed by atoms with E-state index in [0.717, 1.165) is 19.5 Å². The number of nitrogens with zero attached hydrogens (tertiary/aromatic N) is 2. The fourth-order valence-electron chi connectivity index (χ4n) is 4.11. The molecule has 8 heteroatoms. The average molecular weight is 432 g/mol. The molecule has 0 bridgehead atoms. The highest BCUT2D eigenvalue weighted by atomic mass is 16.5. The number of nitrogens with one attached hydrogen (secondary N) is 1. The van der Waals surface area contributed by atoms with Crippen LogP contribution in [-0.4, -0.2) is 63.0 Å². The van der Waals surface area contributed by atoms with Crippen LogP contribution in [0.3, 0.4) is 0 Å². The Morgan fingerprint density at radius 3 is 2.52 bits per heavy atom. The van der Waals surface area contributed by atoms with Gasteiger partial charge >= 0.3 is 0 Å². The van der Waals surface area contributed by atoms with Crippen molar-refractivity contribution in [3.8, 4) is 28.6 Å². The monoisotopic (exact) mass is 431 g/mol. The van der Waals surface area contributed by atoms with Crippen LogP contribution in [0, 0.1) is 6.92 Å². The van der Waals surface area contributed by atoms with Gasteiger partial charge in [-0.3, -0.25) is 4.79 Å². The minimum atomic E-state index is -0.200. The van der Waals surface area contributed by atoms with E-state index in [2.05, 4.69) is 22.3 Å². The molecule has 0 aliphatic carbocycles. The minimum Gasteiger partial charge on any atom is -0.493 e. The van der Waals surface area contributed by atoms with Crippen molar-refractivity contribution in [2.24, 2.45) is 0 Å². The van der Waals surface area contributed by atoms with Gasteiger partial charge in [0, 0.05) is 24.7 Å². The number of rotatable bonds is 9. The zero-order valence-electron chi connectivity index (χ0n) is 19.1. The first kappa shape index (κ1) is 22.9. The first-order valence-electron chi connectivity index (χ1n) is 10.8. The number of hydrogen-bond donors (Lipinski definition) is 1. The quantitative estimate of drug-likeness (QED) is 0.606. The Kier molecular flexibility index (Phi) is 7.79. The third-order valence-corrected chi connectivity index (χ3v) is 5.86. The molecule has 8 nitrogen and oxygen atoms in total. The molecule has 1 aliphatic rings. The lowest BCUT2D eigenvalue weighted by Crippen LogP contribution is -2.39. The molecule has 0 radical (unpaired) electrons. The summed E-state index contributed by atoms with van der Waals surface area (Å²) < 4.78 is 21.7. The SMILES string of the molecule is COc1cc(-c2onc(C)c2C(=O)NCCCN2CCCC[C@H]2C)cc(OC)c1OC. The number of benzene rings is 1. The topological polar surface area (TPSA) is 86.1 Å². The molecule has 2 aromatic rings. The standard InChI is InChI=1S/C23H33N3O5/c1-15-9-6-7-11-26(15)12-8-10-24-23(27)20-16(2)25-31-21(20)17-13-18(28-3)22(30-5)19(14-17)29-4/h13-15H,6-12H2,1-5H3,(H,24,27)/t15-/m1/s1. The summed E-state index contributed by atoms with van der Waals surface area (Å²) >= 11 is 0. The summed E-state index contributed by atoms with van der Waals surface area (Å²) in [5.74, 6) is 1.61. The Hall–Kier alpha value is -2.74. The highest BCUT2D eigenvalue weighted by Gasteiger charge is 2.25. The predicted molar refractivity (Wildman–Crippen MR) is 118 cm³/mol. The van der Waals surface area contributed by atoms with Gasteiger partial charge in [-0.1, -0.05) is 11.6 Å². The van der Waals surface area contributed by atoms with Gasteiger partial charge in [-0.25, -0.2) is 0 Å². The summed E-state index contributed by atoms with van der Waals surface area (Å²) in [6, 6.07) is 4.11. The first-order valence-corrected chi connectivity index (χ1v) is 10.8. The second kappa shape index (κ2) is 10.5. The Labute approximate surface area is 183 Å². The number of methoxy groups -OCH3 is 3. The lowest BCUT2D eigenvalue weighted by atomic mass is 10.0. The number of piperidine rings is 1. The van der Waals surface area contributed by atoms with Crippen molar-refractivity contribution in [1.29, 1.82) is 0 Å². The molecule has 1 amide bonds. The largest absolute Gasteiger partial charge is 0.493 e. The van der Waals surface area contributed by atoms with Gasteiger partial charge in [0.1, 0.15) is 5.56 Å². The summed E-state index contributed by atoms with van der Waals surface area (Å²) in [6.07, 6.45) is 4.73. The normalized spacial score (nSPS) is 16.7. The molecule has 1 saturated heterocycles. The molecule has 0 unspecified atom stereocenters. The van der Waals surface area contributed by atoms with Crippen LogP contribution in [0.25, 0.3) is 11.3 Å². The molecule has 1 atom stereocenters. The van der Waals surface area contributed by atoms with Crippen LogP contribution in [0.15, 0.2) is 16.7 Å². The van der Waals surface area contributed by atoms with Gasteiger partial charge < -0.3 is 29.0 Å². The summed E-state index contributed by atoms with van der Waals surface area (Å²) in [6.45, 7) is 6.77. The molecule has 1 fully saturated rings. The number of carbonyl (C=O) groups excluding carboxylic acids is 1. The molecule has 1 aliphatic heterocycles. The van der Waals surface area contributed by atoms with E-state index in [1.807, 2.05) is 0 Å². The first-order chi connectivity index (χ1) is 15.0. The maximum absolute atomic E-state index is 13.0. The van der Waals surface area contributed by atoms with Gasteiger partial charge in [-0.2, -0.15) is 0 Å². The van der Waals surface area contributed by atoms with E-state index in [9.17, 15) is 4.79 Å². The van der Waals surface area contributed by atoms with E-state index < -0.39 is 0 Å². The number of carbonyl (C=O) groups is 1. The van der Waals surface area contributed by atoms with Gasteiger partial charge in [0.25, 0.3) is 5.91 Å². The van der Waals surface area contributed by atoms with Crippen LogP contribution < -0.4 is 19.5 Å². The maximum atomic E-state index is 13.0. The second-order valence-corrected chi connectivity index (χ2v) is 7.88. The van der Waals surface area contributed by atoms with Crippen molar-refractivity contribution in [2.45, 2.75) is 45.6 Å². The van der Waals surface area contributed by atoms with Gasteiger partial charge in [-0.05, 0) is 51.8 Å². The molecule has 1 aromatic heterocycles. The van der Waals surface area contributed by atoms with Crippen LogP contribution in [-0.2, 0) is 0 Å². The number of likely N-dealkylation sites (tertiary alicyclic amines) is 1. The van der Waals surface area contributed by atoms with Crippen molar-refractivity contribution in [3.63, 3.8) is 0 Å². The van der Waals surface area contributed by atoms with E-state index in [1.165, 1.54) is 19.3 Å². The van der Waals surface area contributed by atoms with Crippen molar-refractivity contribution in [2.75, 3.05) is 41.0 Å². The Morgan fingerprint density at radius 2 is 1.90 bits per heavy atom. The smallest absolute Gasteiger partial charge is 0.257 e. The molecule has 31 heavy (non-hydrogen) atoms.